The number of Topliss-reactive ketones (excluding diaryl/α,β-unsaturated/α-hetero) is 1. The number of nitrogens with zero attached hydrogens (tertiary/aromatic N) is 1. The van der Waals surface area contributed by atoms with E-state index in [1.165, 1.54) is 0 Å². The zero-order chi connectivity index (χ0) is 12.3. The van der Waals surface area contributed by atoms with Crippen LogP contribution in [0.5, 0.6) is 0 Å². The Hall–Kier alpha value is -1.66. The van der Waals surface area contributed by atoms with Gasteiger partial charge in [0, 0.05) is 12.3 Å². The van der Waals surface area contributed by atoms with Gasteiger partial charge in [-0.05, 0) is 24.5 Å². The van der Waals surface area contributed by atoms with Gasteiger partial charge >= 0.3 is 0 Å². The van der Waals surface area contributed by atoms with Crippen LogP contribution in [0.4, 0.5) is 0 Å². The number of ketones is 1. The maximum Gasteiger partial charge on any atom is 0.138 e. The van der Waals surface area contributed by atoms with Gasteiger partial charge in [-0.2, -0.15) is 5.26 Å². The van der Waals surface area contributed by atoms with E-state index < -0.39 is 6.10 Å². The van der Waals surface area contributed by atoms with Gasteiger partial charge in [-0.1, -0.05) is 24.6 Å². The first-order chi connectivity index (χ1) is 8.24. The van der Waals surface area contributed by atoms with Gasteiger partial charge in [0.15, 0.2) is 0 Å². The Morgan fingerprint density at radius 1 is 1.35 bits per heavy atom. The van der Waals surface area contributed by atoms with E-state index >= 15 is 0 Å². The summed E-state index contributed by atoms with van der Waals surface area (Å²) in [6, 6.07) is 9.00. The summed E-state index contributed by atoms with van der Waals surface area (Å²) in [7, 11) is 0. The smallest absolute Gasteiger partial charge is 0.138 e. The average Bonchev–Trinajstić information content (AvgIpc) is 2.38. The number of carbonyl (C=O) groups excluding carboxylic acids is 1. The fraction of sp³-hybridized carbons (Fsp3) is 0.429. The standard InChI is InChI=1S/C14H15NO2/c15-9-10-5-1-2-6-11(10)14(17)12-7-3-4-8-13(12)16/h1-2,5-6,12,14,17H,3-4,7-8H2/t12-,14+/m0/s1. The molecule has 0 radical (unpaired) electrons. The van der Waals surface area contributed by atoms with Crippen molar-refractivity contribution in [1.29, 1.82) is 5.26 Å². The predicted octanol–water partition coefficient (Wildman–Crippen LogP) is 2.35. The maximum atomic E-state index is 11.8. The van der Waals surface area contributed by atoms with Gasteiger partial charge in [0.2, 0.25) is 0 Å². The average molecular weight is 229 g/mol. The fourth-order valence-corrected chi connectivity index (χ4v) is 2.42. The molecule has 0 saturated heterocycles. The molecule has 17 heavy (non-hydrogen) atoms. The second-order valence-electron chi connectivity index (χ2n) is 4.46. The highest BCUT2D eigenvalue weighted by atomic mass is 16.3. The summed E-state index contributed by atoms with van der Waals surface area (Å²) >= 11 is 0. The van der Waals surface area contributed by atoms with E-state index in [0.717, 1.165) is 19.3 Å². The molecule has 3 nitrogen and oxygen atoms in total. The molecule has 0 unspecified atom stereocenters. The summed E-state index contributed by atoms with van der Waals surface area (Å²) in [5.74, 6) is -0.213. The lowest BCUT2D eigenvalue weighted by atomic mass is 9.81. The van der Waals surface area contributed by atoms with E-state index in [-0.39, 0.29) is 11.7 Å². The molecule has 1 aliphatic rings. The molecule has 1 saturated carbocycles. The molecule has 2 atom stereocenters. The van der Waals surface area contributed by atoms with Gasteiger partial charge in [-0.15, -0.1) is 0 Å². The van der Waals surface area contributed by atoms with Crippen LogP contribution < -0.4 is 0 Å². The summed E-state index contributed by atoms with van der Waals surface area (Å²) in [6.45, 7) is 0. The van der Waals surface area contributed by atoms with Crippen LogP contribution >= 0.6 is 0 Å². The van der Waals surface area contributed by atoms with Crippen molar-refractivity contribution in [2.24, 2.45) is 5.92 Å². The van der Waals surface area contributed by atoms with E-state index in [4.69, 9.17) is 5.26 Å². The Labute approximate surface area is 101 Å². The first kappa shape index (κ1) is 11.8. The number of rotatable bonds is 2. The van der Waals surface area contributed by atoms with Gasteiger partial charge in [0.25, 0.3) is 0 Å². The van der Waals surface area contributed by atoms with Crippen LogP contribution in [0.1, 0.15) is 42.9 Å². The minimum Gasteiger partial charge on any atom is -0.388 e. The molecular formula is C14H15NO2. The van der Waals surface area contributed by atoms with Crippen molar-refractivity contribution in [2.75, 3.05) is 0 Å². The first-order valence-corrected chi connectivity index (χ1v) is 5.94. The Kier molecular flexibility index (Phi) is 3.55. The highest BCUT2D eigenvalue weighted by Gasteiger charge is 2.30. The Bertz CT molecular complexity index is 462. The molecule has 2 rings (SSSR count). The largest absolute Gasteiger partial charge is 0.388 e. The van der Waals surface area contributed by atoms with E-state index in [9.17, 15) is 9.90 Å². The fourth-order valence-electron chi connectivity index (χ4n) is 2.42. The van der Waals surface area contributed by atoms with Crippen LogP contribution in [0.15, 0.2) is 24.3 Å². The number of nitriles is 1. The van der Waals surface area contributed by atoms with Crippen molar-refractivity contribution in [3.8, 4) is 6.07 Å². The molecule has 1 fully saturated rings. The molecule has 0 aromatic heterocycles. The van der Waals surface area contributed by atoms with Crippen molar-refractivity contribution in [3.63, 3.8) is 0 Å². The molecule has 0 spiro atoms. The third-order valence-corrected chi connectivity index (χ3v) is 3.38. The molecule has 0 bridgehead atoms. The van der Waals surface area contributed by atoms with Crippen LogP contribution in [-0.2, 0) is 4.79 Å². The summed E-state index contributed by atoms with van der Waals surface area (Å²) in [6.07, 6.45) is 2.33. The normalized spacial score (nSPS) is 21.9. The minimum absolute atomic E-state index is 0.122. The number of aliphatic hydroxyl groups is 1. The Morgan fingerprint density at radius 3 is 2.82 bits per heavy atom. The summed E-state index contributed by atoms with van der Waals surface area (Å²) in [4.78, 5) is 11.8. The van der Waals surface area contributed by atoms with Crippen LogP contribution in [-0.4, -0.2) is 10.9 Å². The number of hydrogen-bond acceptors (Lipinski definition) is 3. The van der Waals surface area contributed by atoms with Gasteiger partial charge in [0.05, 0.1) is 17.7 Å². The zero-order valence-electron chi connectivity index (χ0n) is 9.60. The van der Waals surface area contributed by atoms with Crippen molar-refractivity contribution < 1.29 is 9.90 Å². The second kappa shape index (κ2) is 5.11. The van der Waals surface area contributed by atoms with Crippen LogP contribution in [0, 0.1) is 17.2 Å². The lowest BCUT2D eigenvalue weighted by Gasteiger charge is -2.26. The van der Waals surface area contributed by atoms with Gasteiger partial charge in [-0.3, -0.25) is 4.79 Å². The van der Waals surface area contributed by atoms with E-state index in [2.05, 4.69) is 6.07 Å². The number of benzene rings is 1. The van der Waals surface area contributed by atoms with Crippen LogP contribution in [0.3, 0.4) is 0 Å². The topological polar surface area (TPSA) is 61.1 Å². The number of hydrogen-bond donors (Lipinski definition) is 1. The Balaban J connectivity index is 2.27. The quantitative estimate of drug-likeness (QED) is 0.846. The number of carbonyl (C=O) groups is 1. The molecule has 88 valence electrons. The molecule has 0 amide bonds. The highest BCUT2D eigenvalue weighted by Crippen LogP contribution is 2.33. The van der Waals surface area contributed by atoms with Crippen LogP contribution in [0.25, 0.3) is 0 Å². The second-order valence-corrected chi connectivity index (χ2v) is 4.46. The maximum absolute atomic E-state index is 11.8. The molecule has 1 N–H and O–H groups in total. The van der Waals surface area contributed by atoms with Gasteiger partial charge in [-0.25, -0.2) is 0 Å². The predicted molar refractivity (Wildman–Crippen MR) is 63.1 cm³/mol. The first-order valence-electron chi connectivity index (χ1n) is 5.94. The van der Waals surface area contributed by atoms with Gasteiger partial charge < -0.3 is 5.11 Å². The molecule has 0 aliphatic heterocycles. The number of aliphatic hydroxyl groups excluding tert-OH is 1. The van der Waals surface area contributed by atoms with Gasteiger partial charge in [0.1, 0.15) is 5.78 Å². The van der Waals surface area contributed by atoms with Crippen molar-refractivity contribution in [1.82, 2.24) is 0 Å². The van der Waals surface area contributed by atoms with E-state index in [0.29, 0.717) is 17.5 Å². The van der Waals surface area contributed by atoms with Crippen molar-refractivity contribution in [2.45, 2.75) is 31.8 Å². The molecule has 0 heterocycles. The van der Waals surface area contributed by atoms with Crippen LogP contribution in [0.2, 0.25) is 0 Å². The molecular weight excluding hydrogens is 214 g/mol. The highest BCUT2D eigenvalue weighted by molar-refractivity contribution is 5.82. The van der Waals surface area contributed by atoms with E-state index in [1.54, 1.807) is 24.3 Å². The van der Waals surface area contributed by atoms with E-state index in [1.807, 2.05) is 0 Å². The molecule has 1 aromatic carbocycles. The third-order valence-electron chi connectivity index (χ3n) is 3.38. The summed E-state index contributed by atoms with van der Waals surface area (Å²) in [5, 5.41) is 19.2. The van der Waals surface area contributed by atoms with Crippen molar-refractivity contribution >= 4 is 5.78 Å². The lowest BCUT2D eigenvalue weighted by Crippen LogP contribution is -2.26. The molecule has 1 aromatic rings. The third kappa shape index (κ3) is 2.37. The lowest BCUT2D eigenvalue weighted by molar-refractivity contribution is -0.128. The summed E-state index contributed by atoms with van der Waals surface area (Å²) in [5.41, 5.74) is 1.04. The SMILES string of the molecule is N#Cc1ccccc1[C@@H](O)[C@H]1CCCCC1=O. The minimum atomic E-state index is -0.835. The Morgan fingerprint density at radius 2 is 2.12 bits per heavy atom. The summed E-state index contributed by atoms with van der Waals surface area (Å²) < 4.78 is 0. The van der Waals surface area contributed by atoms with Crippen molar-refractivity contribution in [3.05, 3.63) is 35.4 Å². The molecule has 1 aliphatic carbocycles. The zero-order valence-corrected chi connectivity index (χ0v) is 9.60. The molecule has 3 heteroatoms. The monoisotopic (exact) mass is 229 g/mol.